The van der Waals surface area contributed by atoms with Crippen LogP contribution in [0.5, 0.6) is 0 Å². The van der Waals surface area contributed by atoms with Crippen molar-refractivity contribution >= 4 is 27.5 Å². The van der Waals surface area contributed by atoms with Crippen LogP contribution in [0.1, 0.15) is 39.4 Å². The van der Waals surface area contributed by atoms with Crippen molar-refractivity contribution in [3.05, 3.63) is 234 Å². The minimum atomic E-state index is -0.550. The predicted octanol–water partition coefficient (Wildman–Crippen LogP) is 11.7. The van der Waals surface area contributed by atoms with Gasteiger partial charge in [-0.3, -0.25) is 0 Å². The van der Waals surface area contributed by atoms with Gasteiger partial charge in [-0.25, -0.2) is 15.2 Å². The fraction of sp³-hybridized carbons (Fsp3) is 0.0400. The number of nitrogens with zero attached hydrogens (tertiary/aromatic N) is 2. The number of benzene rings is 8. The summed E-state index contributed by atoms with van der Waals surface area (Å²) in [5, 5.41) is 4.78. The highest BCUT2D eigenvalue weighted by Crippen LogP contribution is 2.59. The molecule has 53 heavy (non-hydrogen) atoms. The van der Waals surface area contributed by atoms with Crippen molar-refractivity contribution in [3.8, 4) is 22.3 Å². The van der Waals surface area contributed by atoms with Crippen molar-refractivity contribution in [2.75, 3.05) is 5.12 Å². The van der Waals surface area contributed by atoms with E-state index in [1.54, 1.807) is 0 Å². The van der Waals surface area contributed by atoms with E-state index >= 15 is 0 Å². The van der Waals surface area contributed by atoms with Crippen LogP contribution < -0.4 is 10.5 Å². The molecule has 0 bridgehead atoms. The fourth-order valence-electron chi connectivity index (χ4n) is 9.27. The fourth-order valence-corrected chi connectivity index (χ4v) is 9.27. The van der Waals surface area contributed by atoms with Gasteiger partial charge in [-0.15, -0.1) is 0 Å². The highest BCUT2D eigenvalue weighted by atomic mass is 15.8. The summed E-state index contributed by atoms with van der Waals surface area (Å²) in [7, 11) is 0. The molecule has 0 saturated carbocycles. The topological polar surface area (TPSA) is 20.2 Å². The summed E-state index contributed by atoms with van der Waals surface area (Å²) in [6, 6.07) is 73.3. The third-order valence-electron chi connectivity index (χ3n) is 11.5. The zero-order valence-electron chi connectivity index (χ0n) is 29.0. The Hall–Kier alpha value is -6.68. The number of anilines is 1. The first-order chi connectivity index (χ1) is 26.3. The summed E-state index contributed by atoms with van der Waals surface area (Å²) in [6.07, 6.45) is 0. The molecule has 1 N–H and O–H groups in total. The van der Waals surface area contributed by atoms with Crippen LogP contribution in [-0.4, -0.2) is 4.68 Å². The van der Waals surface area contributed by atoms with Crippen molar-refractivity contribution in [2.24, 2.45) is 0 Å². The molecule has 2 heterocycles. The molecule has 3 nitrogen and oxygen atoms in total. The zero-order valence-corrected chi connectivity index (χ0v) is 29.0. The number of aromatic nitrogens is 1. The van der Waals surface area contributed by atoms with Crippen LogP contribution in [0.15, 0.2) is 200 Å². The first kappa shape index (κ1) is 30.0. The second kappa shape index (κ2) is 11.7. The molecule has 3 heteroatoms. The molecule has 8 aromatic carbocycles. The maximum absolute atomic E-state index is 4.03. The van der Waals surface area contributed by atoms with E-state index in [9.17, 15) is 0 Å². The van der Waals surface area contributed by atoms with Gasteiger partial charge in [-0.2, -0.15) is 0 Å². The van der Waals surface area contributed by atoms with E-state index in [-0.39, 0.29) is 6.04 Å². The first-order valence-corrected chi connectivity index (χ1v) is 18.4. The smallest absolute Gasteiger partial charge is 0.0815 e. The van der Waals surface area contributed by atoms with E-state index in [4.69, 9.17) is 0 Å². The number of hydrogen-bond acceptors (Lipinski definition) is 2. The van der Waals surface area contributed by atoms with E-state index in [1.165, 1.54) is 71.9 Å². The lowest BCUT2D eigenvalue weighted by Crippen LogP contribution is -2.40. The Morgan fingerprint density at radius 3 is 1.81 bits per heavy atom. The Balaban J connectivity index is 1.20. The van der Waals surface area contributed by atoms with Gasteiger partial charge in [0, 0.05) is 21.9 Å². The van der Waals surface area contributed by atoms with Crippen molar-refractivity contribution in [1.82, 2.24) is 10.1 Å². The number of para-hydroxylation sites is 2. The quantitative estimate of drug-likeness (QED) is 0.196. The van der Waals surface area contributed by atoms with Crippen LogP contribution in [-0.2, 0) is 5.41 Å². The standard InChI is InChI=1S/C50H35N3/c1-4-16-34(17-5-1)35-28-30-36(31-29-35)48-43-24-12-15-27-46(43)53(51-48)52-45-26-14-11-23-40(45)42-33-32-41-39-22-10-13-25-44(39)50(47(41)49(42)52,37-18-6-2-7-19-37)38-20-8-3-9-21-38/h1-33,48,51H. The lowest BCUT2D eigenvalue weighted by molar-refractivity contribution is 0.570. The molecule has 0 fully saturated rings. The molecule has 1 aliphatic heterocycles. The van der Waals surface area contributed by atoms with Crippen LogP contribution in [0, 0.1) is 0 Å². The Kier molecular flexibility index (Phi) is 6.61. The largest absolute Gasteiger partial charge is 0.238 e. The molecule has 1 aliphatic carbocycles. The summed E-state index contributed by atoms with van der Waals surface area (Å²) in [5.74, 6) is 0. The molecule has 9 aromatic rings. The Bertz CT molecular complexity index is 2760. The molecule has 1 aromatic heterocycles. The van der Waals surface area contributed by atoms with Gasteiger partial charge in [0.05, 0.1) is 28.2 Å². The van der Waals surface area contributed by atoms with E-state index in [0.29, 0.717) is 0 Å². The number of rotatable bonds is 5. The molecule has 1 atom stereocenters. The van der Waals surface area contributed by atoms with Crippen LogP contribution >= 0.6 is 0 Å². The minimum Gasteiger partial charge on any atom is -0.238 e. The summed E-state index contributed by atoms with van der Waals surface area (Å²) >= 11 is 0. The van der Waals surface area contributed by atoms with Crippen molar-refractivity contribution < 1.29 is 0 Å². The van der Waals surface area contributed by atoms with Crippen LogP contribution in [0.2, 0.25) is 0 Å². The SMILES string of the molecule is c1ccc(-c2ccc(C3NN(n4c5ccccc5c5ccc6c(c54)C(c4ccccc4)(c4ccccc4)c4ccccc4-6)c4ccccc43)cc2)cc1. The summed E-state index contributed by atoms with van der Waals surface area (Å²) in [6.45, 7) is 0. The molecule has 0 radical (unpaired) electrons. The van der Waals surface area contributed by atoms with Gasteiger partial charge >= 0.3 is 0 Å². The van der Waals surface area contributed by atoms with Crippen molar-refractivity contribution in [2.45, 2.75) is 11.5 Å². The first-order valence-electron chi connectivity index (χ1n) is 18.4. The average molecular weight is 678 g/mol. The second-order valence-corrected chi connectivity index (χ2v) is 14.2. The summed E-state index contributed by atoms with van der Waals surface area (Å²) < 4.78 is 2.47. The molecular weight excluding hydrogens is 643 g/mol. The predicted molar refractivity (Wildman–Crippen MR) is 218 cm³/mol. The Morgan fingerprint density at radius 2 is 1.06 bits per heavy atom. The Morgan fingerprint density at radius 1 is 0.453 bits per heavy atom. The maximum Gasteiger partial charge on any atom is 0.0815 e. The van der Waals surface area contributed by atoms with Crippen LogP contribution in [0.4, 0.5) is 5.69 Å². The highest BCUT2D eigenvalue weighted by molar-refractivity contribution is 6.13. The summed E-state index contributed by atoms with van der Waals surface area (Å²) in [5.41, 5.74) is 19.6. The number of fused-ring (bicyclic) bond motifs is 8. The van der Waals surface area contributed by atoms with Gasteiger partial charge in [0.2, 0.25) is 0 Å². The third-order valence-corrected chi connectivity index (χ3v) is 11.5. The van der Waals surface area contributed by atoms with Gasteiger partial charge < -0.3 is 0 Å². The van der Waals surface area contributed by atoms with E-state index in [2.05, 4.69) is 215 Å². The number of nitrogens with one attached hydrogen (secondary N) is 1. The molecule has 2 aliphatic rings. The lowest BCUT2D eigenvalue weighted by atomic mass is 9.67. The molecule has 0 amide bonds. The van der Waals surface area contributed by atoms with Crippen molar-refractivity contribution in [1.29, 1.82) is 0 Å². The zero-order chi connectivity index (χ0) is 34.9. The van der Waals surface area contributed by atoms with Gasteiger partial charge in [0.1, 0.15) is 0 Å². The molecule has 0 spiro atoms. The Labute approximate surface area is 309 Å². The van der Waals surface area contributed by atoms with E-state index in [1.807, 2.05) is 0 Å². The van der Waals surface area contributed by atoms with Gasteiger partial charge in [0.25, 0.3) is 0 Å². The molecule has 0 saturated heterocycles. The monoisotopic (exact) mass is 677 g/mol. The second-order valence-electron chi connectivity index (χ2n) is 14.2. The van der Waals surface area contributed by atoms with Gasteiger partial charge in [-0.05, 0) is 56.6 Å². The third kappa shape index (κ3) is 4.26. The van der Waals surface area contributed by atoms with Crippen LogP contribution in [0.25, 0.3) is 44.1 Å². The minimum absolute atomic E-state index is 0.0332. The summed E-state index contributed by atoms with van der Waals surface area (Å²) in [4.78, 5) is 0. The van der Waals surface area contributed by atoms with E-state index < -0.39 is 5.41 Å². The van der Waals surface area contributed by atoms with Crippen molar-refractivity contribution in [3.63, 3.8) is 0 Å². The average Bonchev–Trinajstić information content (AvgIpc) is 3.88. The van der Waals surface area contributed by atoms with Gasteiger partial charge in [-0.1, -0.05) is 188 Å². The normalized spacial score (nSPS) is 15.4. The highest BCUT2D eigenvalue weighted by Gasteiger charge is 2.48. The lowest BCUT2D eigenvalue weighted by Gasteiger charge is -2.35. The van der Waals surface area contributed by atoms with Gasteiger partial charge in [0.15, 0.2) is 0 Å². The number of hydrazine groups is 1. The molecule has 11 rings (SSSR count). The maximum atomic E-state index is 4.03. The molecular formula is C50H35N3. The van der Waals surface area contributed by atoms with Crippen LogP contribution in [0.3, 0.4) is 0 Å². The number of hydrogen-bond donors (Lipinski definition) is 1. The molecule has 250 valence electrons. The molecule has 1 unspecified atom stereocenters. The van der Waals surface area contributed by atoms with E-state index in [0.717, 1.165) is 11.2 Å².